The number of hydrogen-bond acceptors (Lipinski definition) is 2. The molecule has 3 aromatic rings. The molecular formula is C23H21ClN2O2. The fourth-order valence-corrected chi connectivity index (χ4v) is 3.01. The number of urea groups is 1. The Kier molecular flexibility index (Phi) is 6.45. The molecule has 0 N–H and O–H groups in total. The van der Waals surface area contributed by atoms with E-state index in [9.17, 15) is 9.59 Å². The molecule has 142 valence electrons. The second-order valence-electron chi connectivity index (χ2n) is 6.48. The van der Waals surface area contributed by atoms with E-state index in [4.69, 9.17) is 11.6 Å². The summed E-state index contributed by atoms with van der Waals surface area (Å²) in [5.41, 5.74) is 2.41. The van der Waals surface area contributed by atoms with Crippen molar-refractivity contribution < 1.29 is 9.59 Å². The maximum Gasteiger partial charge on any atom is 0.327 e. The van der Waals surface area contributed by atoms with E-state index < -0.39 is 0 Å². The third-order valence-electron chi connectivity index (χ3n) is 4.39. The van der Waals surface area contributed by atoms with Crippen LogP contribution in [-0.4, -0.2) is 28.8 Å². The Morgan fingerprint density at radius 1 is 0.750 bits per heavy atom. The monoisotopic (exact) mass is 392 g/mol. The topological polar surface area (TPSA) is 40.6 Å². The molecule has 0 aliphatic carbocycles. The van der Waals surface area contributed by atoms with Crippen LogP contribution >= 0.6 is 11.6 Å². The number of carbonyl (C=O) groups is 2. The molecule has 0 saturated heterocycles. The summed E-state index contributed by atoms with van der Waals surface area (Å²) in [5.74, 6) is -0.368. The molecule has 0 saturated carbocycles. The minimum absolute atomic E-state index is 0.354. The molecule has 0 aromatic heterocycles. The number of amides is 3. The van der Waals surface area contributed by atoms with Crippen LogP contribution in [0.5, 0.6) is 0 Å². The van der Waals surface area contributed by atoms with Gasteiger partial charge in [0.25, 0.3) is 5.91 Å². The third-order valence-corrected chi connectivity index (χ3v) is 4.64. The second kappa shape index (κ2) is 9.20. The van der Waals surface area contributed by atoms with Crippen LogP contribution in [-0.2, 0) is 13.1 Å². The van der Waals surface area contributed by atoms with Gasteiger partial charge in [-0.2, -0.15) is 0 Å². The van der Waals surface area contributed by atoms with E-state index in [1.807, 2.05) is 60.7 Å². The van der Waals surface area contributed by atoms with E-state index >= 15 is 0 Å². The van der Waals surface area contributed by atoms with Crippen molar-refractivity contribution >= 4 is 23.5 Å². The van der Waals surface area contributed by atoms with Gasteiger partial charge < -0.3 is 4.90 Å². The molecule has 0 bridgehead atoms. The lowest BCUT2D eigenvalue weighted by Gasteiger charge is -2.27. The van der Waals surface area contributed by atoms with Crippen LogP contribution in [0.4, 0.5) is 4.79 Å². The van der Waals surface area contributed by atoms with E-state index in [0.717, 1.165) is 16.0 Å². The van der Waals surface area contributed by atoms with Crippen molar-refractivity contribution in [2.75, 3.05) is 7.05 Å². The highest BCUT2D eigenvalue weighted by atomic mass is 35.5. The summed E-state index contributed by atoms with van der Waals surface area (Å²) in [6, 6.07) is 25.6. The molecule has 3 aromatic carbocycles. The van der Waals surface area contributed by atoms with Crippen LogP contribution in [0.2, 0.25) is 5.02 Å². The molecule has 0 aliphatic rings. The average molecular weight is 393 g/mol. The van der Waals surface area contributed by atoms with Gasteiger partial charge in [0.2, 0.25) is 0 Å². The highest BCUT2D eigenvalue weighted by molar-refractivity contribution is 6.30. The molecule has 4 nitrogen and oxygen atoms in total. The first kappa shape index (κ1) is 19.6. The summed E-state index contributed by atoms with van der Waals surface area (Å²) >= 11 is 5.89. The zero-order valence-corrected chi connectivity index (χ0v) is 16.3. The zero-order valence-electron chi connectivity index (χ0n) is 15.6. The Bertz CT molecular complexity index is 886. The van der Waals surface area contributed by atoms with Gasteiger partial charge in [0.05, 0.1) is 0 Å². The molecule has 3 amide bonds. The summed E-state index contributed by atoms with van der Waals surface area (Å²) in [7, 11) is 1.50. The quantitative estimate of drug-likeness (QED) is 0.596. The van der Waals surface area contributed by atoms with Crippen LogP contribution in [0, 0.1) is 0 Å². The van der Waals surface area contributed by atoms with Crippen molar-refractivity contribution in [3.05, 3.63) is 107 Å². The minimum atomic E-state index is -0.368. The SMILES string of the molecule is CN(C(=O)c1ccc(Cl)cc1)C(=O)N(Cc1ccccc1)Cc1ccccc1. The van der Waals surface area contributed by atoms with Gasteiger partial charge in [0.1, 0.15) is 0 Å². The van der Waals surface area contributed by atoms with E-state index in [0.29, 0.717) is 23.7 Å². The van der Waals surface area contributed by atoms with E-state index in [1.165, 1.54) is 7.05 Å². The van der Waals surface area contributed by atoms with Crippen molar-refractivity contribution in [3.63, 3.8) is 0 Å². The van der Waals surface area contributed by atoms with Gasteiger partial charge in [0.15, 0.2) is 0 Å². The summed E-state index contributed by atoms with van der Waals surface area (Å²) in [4.78, 5) is 28.7. The molecule has 0 spiro atoms. The van der Waals surface area contributed by atoms with Crippen molar-refractivity contribution in [1.29, 1.82) is 0 Å². The first-order valence-electron chi connectivity index (χ1n) is 8.95. The number of hydrogen-bond donors (Lipinski definition) is 0. The van der Waals surface area contributed by atoms with Gasteiger partial charge in [-0.05, 0) is 35.4 Å². The average Bonchev–Trinajstić information content (AvgIpc) is 2.74. The molecule has 0 aliphatic heterocycles. The number of halogens is 1. The van der Waals surface area contributed by atoms with Crippen LogP contribution in [0.3, 0.4) is 0 Å². The fraction of sp³-hybridized carbons (Fsp3) is 0.130. The first-order valence-corrected chi connectivity index (χ1v) is 9.33. The van der Waals surface area contributed by atoms with Crippen molar-refractivity contribution in [1.82, 2.24) is 9.80 Å². The Labute approximate surface area is 170 Å². The molecule has 28 heavy (non-hydrogen) atoms. The Morgan fingerprint density at radius 3 is 1.68 bits per heavy atom. The zero-order chi connectivity index (χ0) is 19.9. The molecule has 0 unspecified atom stereocenters. The molecule has 0 atom stereocenters. The number of nitrogens with zero attached hydrogens (tertiary/aromatic N) is 2. The maximum atomic E-state index is 13.1. The van der Waals surface area contributed by atoms with Crippen LogP contribution in [0.1, 0.15) is 21.5 Å². The third kappa shape index (κ3) is 4.99. The normalized spacial score (nSPS) is 10.4. The van der Waals surface area contributed by atoms with Crippen molar-refractivity contribution in [2.24, 2.45) is 0 Å². The molecule has 0 heterocycles. The lowest BCUT2D eigenvalue weighted by Crippen LogP contribution is -2.43. The summed E-state index contributed by atoms with van der Waals surface area (Å²) in [6.45, 7) is 0.819. The minimum Gasteiger partial charge on any atom is -0.316 e. The maximum absolute atomic E-state index is 13.1. The predicted octanol–water partition coefficient (Wildman–Crippen LogP) is 5.23. The van der Waals surface area contributed by atoms with Crippen LogP contribution in [0.15, 0.2) is 84.9 Å². The number of carbonyl (C=O) groups excluding carboxylic acids is 2. The summed E-state index contributed by atoms with van der Waals surface area (Å²) in [5, 5.41) is 0.542. The van der Waals surface area contributed by atoms with E-state index in [-0.39, 0.29) is 11.9 Å². The van der Waals surface area contributed by atoms with E-state index in [2.05, 4.69) is 0 Å². The lowest BCUT2D eigenvalue weighted by molar-refractivity contribution is 0.0788. The summed E-state index contributed by atoms with van der Waals surface area (Å²) < 4.78 is 0. The lowest BCUT2D eigenvalue weighted by atomic mass is 10.1. The standard InChI is InChI=1S/C23H21ClN2O2/c1-25(22(27)20-12-14-21(24)15-13-20)23(28)26(16-18-8-4-2-5-9-18)17-19-10-6-3-7-11-19/h2-15H,16-17H2,1H3. The van der Waals surface area contributed by atoms with Gasteiger partial charge in [0, 0.05) is 30.7 Å². The Morgan fingerprint density at radius 2 is 1.21 bits per heavy atom. The van der Waals surface area contributed by atoms with Crippen LogP contribution in [0.25, 0.3) is 0 Å². The van der Waals surface area contributed by atoms with Crippen molar-refractivity contribution in [2.45, 2.75) is 13.1 Å². The van der Waals surface area contributed by atoms with Gasteiger partial charge in [-0.1, -0.05) is 72.3 Å². The second-order valence-corrected chi connectivity index (χ2v) is 6.92. The highest BCUT2D eigenvalue weighted by Gasteiger charge is 2.24. The van der Waals surface area contributed by atoms with Crippen LogP contribution < -0.4 is 0 Å². The Balaban J connectivity index is 1.82. The smallest absolute Gasteiger partial charge is 0.316 e. The predicted molar refractivity (Wildman–Crippen MR) is 111 cm³/mol. The Hall–Kier alpha value is -3.11. The van der Waals surface area contributed by atoms with Gasteiger partial charge in [-0.25, -0.2) is 4.79 Å². The number of imide groups is 1. The largest absolute Gasteiger partial charge is 0.327 e. The molecular weight excluding hydrogens is 372 g/mol. The molecule has 0 radical (unpaired) electrons. The first-order chi connectivity index (χ1) is 13.5. The molecule has 5 heteroatoms. The summed E-state index contributed by atoms with van der Waals surface area (Å²) in [6.07, 6.45) is 0. The molecule has 0 fully saturated rings. The number of benzene rings is 3. The van der Waals surface area contributed by atoms with Crippen molar-refractivity contribution in [3.8, 4) is 0 Å². The molecule has 3 rings (SSSR count). The number of rotatable bonds is 5. The van der Waals surface area contributed by atoms with Gasteiger partial charge >= 0.3 is 6.03 Å². The van der Waals surface area contributed by atoms with Gasteiger partial charge in [-0.3, -0.25) is 9.69 Å². The fourth-order valence-electron chi connectivity index (χ4n) is 2.88. The van der Waals surface area contributed by atoms with E-state index in [1.54, 1.807) is 29.2 Å². The van der Waals surface area contributed by atoms with Gasteiger partial charge in [-0.15, -0.1) is 0 Å². The highest BCUT2D eigenvalue weighted by Crippen LogP contribution is 2.15.